The Morgan fingerprint density at radius 3 is 2.85 bits per heavy atom. The van der Waals surface area contributed by atoms with Crippen LogP contribution < -0.4 is 14.8 Å². The Labute approximate surface area is 174 Å². The summed E-state index contributed by atoms with van der Waals surface area (Å²) in [6, 6.07) is 7.64. The standard InChI is InChI=1S/C19H31N3O3.HI/c1-5-20-19(22(3)13-16-9-10-24-14-16)21-12-15(2)25-18-8-6-7-17(11-18)23-4;/h6-8,11,15-16H,5,9-10,12-14H2,1-4H3,(H,20,21);1H. The van der Waals surface area contributed by atoms with Crippen LogP contribution in [0, 0.1) is 5.92 Å². The third kappa shape index (κ3) is 7.57. The van der Waals surface area contributed by atoms with Crippen LogP contribution in [0.3, 0.4) is 0 Å². The minimum atomic E-state index is -0.0241. The van der Waals surface area contributed by atoms with Crippen LogP contribution in [0.4, 0.5) is 0 Å². The normalized spacial score (nSPS) is 18.0. The van der Waals surface area contributed by atoms with E-state index in [0.29, 0.717) is 12.5 Å². The van der Waals surface area contributed by atoms with E-state index < -0.39 is 0 Å². The molecule has 1 aromatic rings. The highest BCUT2D eigenvalue weighted by Gasteiger charge is 2.19. The molecule has 2 rings (SSSR count). The van der Waals surface area contributed by atoms with Gasteiger partial charge in [0.25, 0.3) is 0 Å². The number of rotatable bonds is 8. The topological polar surface area (TPSA) is 55.3 Å². The predicted molar refractivity (Wildman–Crippen MR) is 116 cm³/mol. The van der Waals surface area contributed by atoms with Crippen LogP contribution in [0.15, 0.2) is 29.3 Å². The average molecular weight is 477 g/mol. The van der Waals surface area contributed by atoms with Crippen molar-refractivity contribution in [1.82, 2.24) is 10.2 Å². The number of benzene rings is 1. The Morgan fingerprint density at radius 2 is 2.19 bits per heavy atom. The molecule has 148 valence electrons. The first-order valence-electron chi connectivity index (χ1n) is 9.00. The molecule has 0 spiro atoms. The molecule has 0 amide bonds. The molecule has 26 heavy (non-hydrogen) atoms. The monoisotopic (exact) mass is 477 g/mol. The van der Waals surface area contributed by atoms with E-state index in [-0.39, 0.29) is 30.1 Å². The number of hydrogen-bond acceptors (Lipinski definition) is 4. The van der Waals surface area contributed by atoms with E-state index in [1.54, 1.807) is 7.11 Å². The maximum absolute atomic E-state index is 5.95. The van der Waals surface area contributed by atoms with Crippen LogP contribution >= 0.6 is 24.0 Å². The molecule has 2 unspecified atom stereocenters. The summed E-state index contributed by atoms with van der Waals surface area (Å²) < 4.78 is 16.6. The largest absolute Gasteiger partial charge is 0.497 e. The lowest BCUT2D eigenvalue weighted by Gasteiger charge is -2.25. The van der Waals surface area contributed by atoms with Gasteiger partial charge in [0.1, 0.15) is 17.6 Å². The summed E-state index contributed by atoms with van der Waals surface area (Å²) in [7, 11) is 3.73. The molecule has 0 radical (unpaired) electrons. The highest BCUT2D eigenvalue weighted by molar-refractivity contribution is 14.0. The van der Waals surface area contributed by atoms with E-state index in [1.807, 2.05) is 31.2 Å². The Bertz CT molecular complexity index is 551. The second-order valence-corrected chi connectivity index (χ2v) is 6.41. The van der Waals surface area contributed by atoms with Gasteiger partial charge in [-0.2, -0.15) is 0 Å². The van der Waals surface area contributed by atoms with Crippen molar-refractivity contribution >= 4 is 29.9 Å². The van der Waals surface area contributed by atoms with E-state index in [9.17, 15) is 0 Å². The summed E-state index contributed by atoms with van der Waals surface area (Å²) in [5, 5.41) is 3.35. The first-order chi connectivity index (χ1) is 12.1. The van der Waals surface area contributed by atoms with Crippen molar-refractivity contribution in [3.05, 3.63) is 24.3 Å². The van der Waals surface area contributed by atoms with Gasteiger partial charge in [-0.15, -0.1) is 24.0 Å². The van der Waals surface area contributed by atoms with E-state index in [2.05, 4.69) is 24.2 Å². The Morgan fingerprint density at radius 1 is 1.42 bits per heavy atom. The number of halogens is 1. The van der Waals surface area contributed by atoms with Gasteiger partial charge in [0.15, 0.2) is 5.96 Å². The number of methoxy groups -OCH3 is 1. The summed E-state index contributed by atoms with van der Waals surface area (Å²) >= 11 is 0. The third-order valence-electron chi connectivity index (χ3n) is 4.13. The fourth-order valence-electron chi connectivity index (χ4n) is 2.83. The van der Waals surface area contributed by atoms with Crippen LogP contribution in [-0.4, -0.2) is 64.0 Å². The van der Waals surface area contributed by atoms with Crippen molar-refractivity contribution in [3.63, 3.8) is 0 Å². The predicted octanol–water partition coefficient (Wildman–Crippen LogP) is 3.01. The van der Waals surface area contributed by atoms with E-state index in [4.69, 9.17) is 19.2 Å². The molecule has 2 atom stereocenters. The number of aliphatic imine (C=N–C) groups is 1. The molecule has 0 aliphatic carbocycles. The molecule has 1 heterocycles. The number of nitrogens with one attached hydrogen (secondary N) is 1. The van der Waals surface area contributed by atoms with Crippen molar-refractivity contribution in [2.75, 3.05) is 47.0 Å². The molecule has 1 fully saturated rings. The SMILES string of the molecule is CCNC(=NCC(C)Oc1cccc(OC)c1)N(C)CC1CCOC1.I. The first-order valence-corrected chi connectivity index (χ1v) is 9.00. The van der Waals surface area contributed by atoms with Crippen molar-refractivity contribution in [2.45, 2.75) is 26.4 Å². The highest BCUT2D eigenvalue weighted by Crippen LogP contribution is 2.20. The lowest BCUT2D eigenvalue weighted by Crippen LogP contribution is -2.42. The van der Waals surface area contributed by atoms with Crippen LogP contribution in [-0.2, 0) is 4.74 Å². The lowest BCUT2D eigenvalue weighted by molar-refractivity contribution is 0.181. The summed E-state index contributed by atoms with van der Waals surface area (Å²) in [6.45, 7) is 8.21. The highest BCUT2D eigenvalue weighted by atomic mass is 127. The third-order valence-corrected chi connectivity index (χ3v) is 4.13. The summed E-state index contributed by atoms with van der Waals surface area (Å²) in [5.41, 5.74) is 0. The molecule has 1 aromatic carbocycles. The molecule has 1 aliphatic rings. The van der Waals surface area contributed by atoms with E-state index >= 15 is 0 Å². The van der Waals surface area contributed by atoms with Gasteiger partial charge in [0, 0.05) is 38.7 Å². The molecule has 1 saturated heterocycles. The molecule has 0 saturated carbocycles. The van der Waals surface area contributed by atoms with Gasteiger partial charge >= 0.3 is 0 Å². The van der Waals surface area contributed by atoms with Gasteiger partial charge in [-0.3, -0.25) is 0 Å². The number of nitrogens with zero attached hydrogens (tertiary/aromatic N) is 2. The second kappa shape index (κ2) is 12.2. The molecular formula is C19H32IN3O3. The van der Waals surface area contributed by atoms with Crippen molar-refractivity contribution in [2.24, 2.45) is 10.9 Å². The summed E-state index contributed by atoms with van der Waals surface area (Å²) in [6.07, 6.45) is 1.10. The molecule has 1 aliphatic heterocycles. The van der Waals surface area contributed by atoms with E-state index in [0.717, 1.165) is 50.2 Å². The zero-order chi connectivity index (χ0) is 18.1. The Hall–Kier alpha value is -1.22. The maximum Gasteiger partial charge on any atom is 0.193 e. The number of ether oxygens (including phenoxy) is 3. The zero-order valence-corrected chi connectivity index (χ0v) is 18.6. The molecule has 6 nitrogen and oxygen atoms in total. The minimum Gasteiger partial charge on any atom is -0.497 e. The lowest BCUT2D eigenvalue weighted by atomic mass is 10.1. The fraction of sp³-hybridized carbons (Fsp3) is 0.632. The van der Waals surface area contributed by atoms with Crippen molar-refractivity contribution in [1.29, 1.82) is 0 Å². The second-order valence-electron chi connectivity index (χ2n) is 6.41. The minimum absolute atomic E-state index is 0. The quantitative estimate of drug-likeness (QED) is 0.355. The van der Waals surface area contributed by atoms with Gasteiger partial charge in [-0.1, -0.05) is 6.07 Å². The molecule has 1 N–H and O–H groups in total. The van der Waals surface area contributed by atoms with Crippen LogP contribution in [0.2, 0.25) is 0 Å². The van der Waals surface area contributed by atoms with Gasteiger partial charge in [-0.25, -0.2) is 4.99 Å². The Kier molecular flexibility index (Phi) is 10.7. The van der Waals surface area contributed by atoms with Gasteiger partial charge in [0.05, 0.1) is 20.3 Å². The van der Waals surface area contributed by atoms with Gasteiger partial charge in [-0.05, 0) is 32.4 Å². The van der Waals surface area contributed by atoms with E-state index in [1.165, 1.54) is 0 Å². The van der Waals surface area contributed by atoms with Crippen molar-refractivity contribution < 1.29 is 14.2 Å². The summed E-state index contributed by atoms with van der Waals surface area (Å²) in [4.78, 5) is 6.91. The number of hydrogen-bond donors (Lipinski definition) is 1. The molecule has 7 heteroatoms. The maximum atomic E-state index is 5.95. The zero-order valence-electron chi connectivity index (χ0n) is 16.2. The molecule has 0 aromatic heterocycles. The van der Waals surface area contributed by atoms with Crippen LogP contribution in [0.1, 0.15) is 20.3 Å². The fourth-order valence-corrected chi connectivity index (χ4v) is 2.83. The number of guanidine groups is 1. The van der Waals surface area contributed by atoms with Gasteiger partial charge in [0.2, 0.25) is 0 Å². The van der Waals surface area contributed by atoms with Gasteiger partial charge < -0.3 is 24.4 Å². The molecule has 0 bridgehead atoms. The average Bonchev–Trinajstić information content (AvgIpc) is 3.11. The first kappa shape index (κ1) is 22.8. The molecular weight excluding hydrogens is 445 g/mol. The summed E-state index contributed by atoms with van der Waals surface area (Å²) in [5.74, 6) is 3.08. The van der Waals surface area contributed by atoms with Crippen molar-refractivity contribution in [3.8, 4) is 11.5 Å². The van der Waals surface area contributed by atoms with Crippen LogP contribution in [0.5, 0.6) is 11.5 Å². The van der Waals surface area contributed by atoms with Crippen LogP contribution in [0.25, 0.3) is 0 Å². The smallest absolute Gasteiger partial charge is 0.193 e. The Balaban J connectivity index is 0.00000338.